The average Bonchev–Trinajstić information content (AvgIpc) is 2.30. The molecule has 2 unspecified atom stereocenters. The van der Waals surface area contributed by atoms with E-state index in [1.165, 1.54) is 32.4 Å². The summed E-state index contributed by atoms with van der Waals surface area (Å²) in [7, 11) is 4.29. The Morgan fingerprint density at radius 3 is 2.76 bits per heavy atom. The van der Waals surface area contributed by atoms with E-state index in [1.54, 1.807) is 0 Å². The van der Waals surface area contributed by atoms with Crippen LogP contribution in [-0.2, 0) is 4.74 Å². The first-order valence-corrected chi connectivity index (χ1v) is 7.00. The Labute approximate surface area is 107 Å². The van der Waals surface area contributed by atoms with Crippen LogP contribution in [0, 0.1) is 11.3 Å². The molecule has 0 aromatic heterocycles. The zero-order valence-corrected chi connectivity index (χ0v) is 12.1. The summed E-state index contributed by atoms with van der Waals surface area (Å²) in [5, 5.41) is 3.32. The first-order valence-electron chi connectivity index (χ1n) is 7.00. The lowest BCUT2D eigenvalue weighted by atomic mass is 9.86. The molecule has 3 nitrogen and oxygen atoms in total. The maximum Gasteiger partial charge on any atom is 0.0506 e. The first-order chi connectivity index (χ1) is 8.09. The molecule has 1 rings (SSSR count). The molecule has 0 aromatic rings. The fourth-order valence-corrected chi connectivity index (χ4v) is 2.83. The minimum absolute atomic E-state index is 0.388. The lowest BCUT2D eigenvalue weighted by Crippen LogP contribution is -2.42. The van der Waals surface area contributed by atoms with Crippen molar-refractivity contribution in [2.24, 2.45) is 11.3 Å². The summed E-state index contributed by atoms with van der Waals surface area (Å²) >= 11 is 0. The van der Waals surface area contributed by atoms with Gasteiger partial charge in [-0.05, 0) is 44.7 Å². The van der Waals surface area contributed by atoms with Crippen LogP contribution in [-0.4, -0.2) is 51.8 Å². The molecule has 0 aliphatic carbocycles. The maximum absolute atomic E-state index is 5.55. The van der Waals surface area contributed by atoms with E-state index in [0.29, 0.717) is 5.41 Å². The van der Waals surface area contributed by atoms with E-state index in [9.17, 15) is 0 Å². The third-order valence-electron chi connectivity index (χ3n) is 3.93. The van der Waals surface area contributed by atoms with Crippen LogP contribution in [0.3, 0.4) is 0 Å². The summed E-state index contributed by atoms with van der Waals surface area (Å²) in [6, 6.07) is 0. The summed E-state index contributed by atoms with van der Waals surface area (Å²) in [4.78, 5) is 2.49. The molecule has 1 heterocycles. The largest absolute Gasteiger partial charge is 0.381 e. The molecule has 102 valence electrons. The first kappa shape index (κ1) is 14.9. The second-order valence-electron chi connectivity index (χ2n) is 5.97. The Morgan fingerprint density at radius 2 is 2.24 bits per heavy atom. The molecule has 1 saturated heterocycles. The monoisotopic (exact) mass is 242 g/mol. The molecule has 3 heteroatoms. The Balaban J connectivity index is 2.33. The molecule has 0 radical (unpaired) electrons. The molecule has 0 spiro atoms. The van der Waals surface area contributed by atoms with Crippen LogP contribution in [0.5, 0.6) is 0 Å². The van der Waals surface area contributed by atoms with Crippen LogP contribution < -0.4 is 5.32 Å². The number of nitrogens with one attached hydrogen (secondary N) is 1. The topological polar surface area (TPSA) is 24.5 Å². The van der Waals surface area contributed by atoms with E-state index >= 15 is 0 Å². The predicted molar refractivity (Wildman–Crippen MR) is 73.4 cm³/mol. The summed E-state index contributed by atoms with van der Waals surface area (Å²) < 4.78 is 5.55. The number of ether oxygens (including phenoxy) is 1. The normalized spacial score (nSPS) is 24.9. The summed E-state index contributed by atoms with van der Waals surface area (Å²) in [6.07, 6.45) is 3.79. The average molecular weight is 242 g/mol. The number of nitrogens with zero attached hydrogens (tertiary/aromatic N) is 1. The number of hydrogen-bond acceptors (Lipinski definition) is 3. The van der Waals surface area contributed by atoms with Crippen LogP contribution >= 0.6 is 0 Å². The van der Waals surface area contributed by atoms with Gasteiger partial charge in [-0.2, -0.15) is 0 Å². The van der Waals surface area contributed by atoms with Crippen LogP contribution in [0.1, 0.15) is 33.1 Å². The lowest BCUT2D eigenvalue weighted by molar-refractivity contribution is 0.0362. The van der Waals surface area contributed by atoms with Crippen LogP contribution in [0.25, 0.3) is 0 Å². The molecule has 17 heavy (non-hydrogen) atoms. The van der Waals surface area contributed by atoms with Crippen LogP contribution in [0.15, 0.2) is 0 Å². The van der Waals surface area contributed by atoms with Gasteiger partial charge in [-0.25, -0.2) is 0 Å². The van der Waals surface area contributed by atoms with Crippen molar-refractivity contribution < 1.29 is 4.74 Å². The second-order valence-corrected chi connectivity index (χ2v) is 5.97. The Morgan fingerprint density at radius 1 is 1.47 bits per heavy atom. The van der Waals surface area contributed by atoms with Gasteiger partial charge in [-0.15, -0.1) is 0 Å². The van der Waals surface area contributed by atoms with Gasteiger partial charge in [0, 0.05) is 26.2 Å². The van der Waals surface area contributed by atoms with Gasteiger partial charge in [-0.3, -0.25) is 0 Å². The van der Waals surface area contributed by atoms with E-state index < -0.39 is 0 Å². The van der Waals surface area contributed by atoms with Crippen molar-refractivity contribution in [3.05, 3.63) is 0 Å². The van der Waals surface area contributed by atoms with Crippen molar-refractivity contribution in [1.82, 2.24) is 10.2 Å². The third-order valence-corrected chi connectivity index (χ3v) is 3.93. The van der Waals surface area contributed by atoms with Gasteiger partial charge >= 0.3 is 0 Å². The third kappa shape index (κ3) is 5.36. The van der Waals surface area contributed by atoms with Gasteiger partial charge in [0.15, 0.2) is 0 Å². The molecule has 1 fully saturated rings. The number of rotatable bonds is 7. The second kappa shape index (κ2) is 7.34. The predicted octanol–water partition coefficient (Wildman–Crippen LogP) is 1.98. The van der Waals surface area contributed by atoms with Gasteiger partial charge in [0.1, 0.15) is 0 Å². The van der Waals surface area contributed by atoms with Crippen molar-refractivity contribution in [3.8, 4) is 0 Å². The van der Waals surface area contributed by atoms with E-state index in [2.05, 4.69) is 31.1 Å². The number of hydrogen-bond donors (Lipinski definition) is 1. The van der Waals surface area contributed by atoms with E-state index in [4.69, 9.17) is 4.74 Å². The van der Waals surface area contributed by atoms with Crippen molar-refractivity contribution in [1.29, 1.82) is 0 Å². The molecule has 1 aliphatic rings. The minimum atomic E-state index is 0.388. The smallest absolute Gasteiger partial charge is 0.0506 e. The van der Waals surface area contributed by atoms with Crippen LogP contribution in [0.2, 0.25) is 0 Å². The van der Waals surface area contributed by atoms with Gasteiger partial charge in [0.05, 0.1) is 6.61 Å². The van der Waals surface area contributed by atoms with Crippen molar-refractivity contribution in [3.63, 3.8) is 0 Å². The highest BCUT2D eigenvalue weighted by Gasteiger charge is 2.24. The summed E-state index contributed by atoms with van der Waals surface area (Å²) in [5.74, 6) is 0.740. The molecule has 0 saturated carbocycles. The fraction of sp³-hybridized carbons (Fsp3) is 1.00. The molecule has 1 N–H and O–H groups in total. The standard InChI is InChI=1S/C14H30N2O/c1-5-14(2,11-15-3)12-16(4)9-13-7-6-8-17-10-13/h13,15H,5-12H2,1-4H3. The van der Waals surface area contributed by atoms with E-state index in [0.717, 1.165) is 25.7 Å². The van der Waals surface area contributed by atoms with Gasteiger partial charge in [0.25, 0.3) is 0 Å². The lowest BCUT2D eigenvalue weighted by Gasteiger charge is -2.35. The molecule has 0 bridgehead atoms. The van der Waals surface area contributed by atoms with Gasteiger partial charge < -0.3 is 15.0 Å². The van der Waals surface area contributed by atoms with Crippen molar-refractivity contribution in [2.45, 2.75) is 33.1 Å². The van der Waals surface area contributed by atoms with Gasteiger partial charge in [0.2, 0.25) is 0 Å². The van der Waals surface area contributed by atoms with E-state index in [1.807, 2.05) is 7.05 Å². The Hall–Kier alpha value is -0.120. The zero-order valence-electron chi connectivity index (χ0n) is 12.1. The molecule has 2 atom stereocenters. The highest BCUT2D eigenvalue weighted by atomic mass is 16.5. The summed E-state index contributed by atoms with van der Waals surface area (Å²) in [5.41, 5.74) is 0.388. The van der Waals surface area contributed by atoms with Crippen molar-refractivity contribution in [2.75, 3.05) is 46.9 Å². The van der Waals surface area contributed by atoms with Gasteiger partial charge in [-0.1, -0.05) is 13.8 Å². The molecule has 0 amide bonds. The molecular weight excluding hydrogens is 212 g/mol. The minimum Gasteiger partial charge on any atom is -0.381 e. The highest BCUT2D eigenvalue weighted by Crippen LogP contribution is 2.22. The zero-order chi connectivity index (χ0) is 12.7. The van der Waals surface area contributed by atoms with E-state index in [-0.39, 0.29) is 0 Å². The van der Waals surface area contributed by atoms with Crippen molar-refractivity contribution >= 4 is 0 Å². The molecule has 1 aliphatic heterocycles. The quantitative estimate of drug-likeness (QED) is 0.739. The Bertz CT molecular complexity index is 204. The molecular formula is C14H30N2O. The maximum atomic E-state index is 5.55. The van der Waals surface area contributed by atoms with Crippen LogP contribution in [0.4, 0.5) is 0 Å². The Kier molecular flexibility index (Phi) is 6.45. The summed E-state index contributed by atoms with van der Waals surface area (Å²) in [6.45, 7) is 10.0. The molecule has 0 aromatic carbocycles. The highest BCUT2D eigenvalue weighted by molar-refractivity contribution is 4.79. The SMILES string of the molecule is CCC(C)(CNC)CN(C)CC1CCCOC1. The fourth-order valence-electron chi connectivity index (χ4n) is 2.83.